The molecule has 0 atom stereocenters. The minimum Gasteiger partial charge on any atom is -0.439 e. The molecule has 2 rings (SSSR count). The Morgan fingerprint density at radius 2 is 2.06 bits per heavy atom. The molecule has 0 spiro atoms. The van der Waals surface area contributed by atoms with Crippen molar-refractivity contribution in [2.75, 3.05) is 0 Å². The first-order chi connectivity index (χ1) is 8.31. The van der Waals surface area contributed by atoms with Crippen LogP contribution in [0.5, 0.6) is 11.6 Å². The molecule has 0 amide bonds. The summed E-state index contributed by atoms with van der Waals surface area (Å²) < 4.78 is 5.49. The van der Waals surface area contributed by atoms with Crippen LogP contribution in [0.1, 0.15) is 11.3 Å². The van der Waals surface area contributed by atoms with Crippen LogP contribution in [0.2, 0.25) is 0 Å². The predicted molar refractivity (Wildman–Crippen MR) is 61.4 cm³/mol. The Balaban J connectivity index is 2.22. The smallest absolute Gasteiger partial charge is 0.220 e. The highest BCUT2D eigenvalue weighted by molar-refractivity contribution is 5.32. The van der Waals surface area contributed by atoms with Crippen LogP contribution in [-0.4, -0.2) is 10.1 Å². The molecule has 0 aliphatic heterocycles. The molecule has 17 heavy (non-hydrogen) atoms. The van der Waals surface area contributed by atoms with Crippen molar-refractivity contribution in [2.24, 2.45) is 0 Å². The average Bonchev–Trinajstić information content (AvgIpc) is 2.39. The highest BCUT2D eigenvalue weighted by Gasteiger charge is 2.01. The second-order valence-corrected chi connectivity index (χ2v) is 3.38. The summed E-state index contributed by atoms with van der Waals surface area (Å²) in [7, 11) is 0. The second kappa shape index (κ2) is 5.10. The third-order valence-electron chi connectivity index (χ3n) is 2.14. The fourth-order valence-corrected chi connectivity index (χ4v) is 1.36. The number of aliphatic hydroxyl groups is 1. The van der Waals surface area contributed by atoms with E-state index >= 15 is 0 Å². The van der Waals surface area contributed by atoms with Gasteiger partial charge < -0.3 is 9.84 Å². The van der Waals surface area contributed by atoms with Gasteiger partial charge in [0.15, 0.2) is 0 Å². The van der Waals surface area contributed by atoms with Gasteiger partial charge in [-0.2, -0.15) is 5.26 Å². The first-order valence-electron chi connectivity index (χ1n) is 5.06. The Labute approximate surface area is 98.7 Å². The van der Waals surface area contributed by atoms with Crippen LogP contribution in [0.15, 0.2) is 42.5 Å². The highest BCUT2D eigenvalue weighted by atomic mass is 16.5. The van der Waals surface area contributed by atoms with Gasteiger partial charge in [-0.05, 0) is 23.8 Å². The number of aliphatic hydroxyl groups excluding tert-OH is 1. The van der Waals surface area contributed by atoms with Gasteiger partial charge in [0, 0.05) is 6.07 Å². The molecule has 0 saturated carbocycles. The molecule has 0 radical (unpaired) electrons. The predicted octanol–water partition coefficient (Wildman–Crippen LogP) is 2.24. The summed E-state index contributed by atoms with van der Waals surface area (Å²) in [6.45, 7) is -0.0388. The number of benzene rings is 1. The summed E-state index contributed by atoms with van der Waals surface area (Å²) in [4.78, 5) is 4.00. The second-order valence-electron chi connectivity index (χ2n) is 3.38. The van der Waals surface area contributed by atoms with E-state index in [2.05, 4.69) is 4.98 Å². The Bertz CT molecular complexity index is 561. The third-order valence-corrected chi connectivity index (χ3v) is 2.14. The van der Waals surface area contributed by atoms with Crippen molar-refractivity contribution in [3.63, 3.8) is 0 Å². The van der Waals surface area contributed by atoms with Crippen molar-refractivity contribution in [3.8, 4) is 17.7 Å². The fourth-order valence-electron chi connectivity index (χ4n) is 1.36. The molecule has 4 heteroatoms. The zero-order chi connectivity index (χ0) is 12.1. The van der Waals surface area contributed by atoms with E-state index in [1.807, 2.05) is 6.07 Å². The SMILES string of the molecule is N#Cc1cccc(Oc2cccc(CO)c2)n1. The molecule has 84 valence electrons. The van der Waals surface area contributed by atoms with Crippen LogP contribution in [0.3, 0.4) is 0 Å². The topological polar surface area (TPSA) is 66.1 Å². The number of hydrogen-bond acceptors (Lipinski definition) is 4. The number of nitrogens with zero attached hydrogens (tertiary/aromatic N) is 2. The first kappa shape index (κ1) is 11.1. The largest absolute Gasteiger partial charge is 0.439 e. The molecule has 0 saturated heterocycles. The molecule has 0 unspecified atom stereocenters. The van der Waals surface area contributed by atoms with Gasteiger partial charge in [0.05, 0.1) is 6.61 Å². The summed E-state index contributed by atoms with van der Waals surface area (Å²) in [6.07, 6.45) is 0. The number of hydrogen-bond donors (Lipinski definition) is 1. The summed E-state index contributed by atoms with van der Waals surface area (Å²) >= 11 is 0. The standard InChI is InChI=1S/C13H10N2O2/c14-8-11-4-2-6-13(15-11)17-12-5-1-3-10(7-12)9-16/h1-7,16H,9H2. The first-order valence-corrected chi connectivity index (χ1v) is 5.06. The molecule has 2 aromatic rings. The quantitative estimate of drug-likeness (QED) is 0.871. The van der Waals surface area contributed by atoms with Gasteiger partial charge in [-0.25, -0.2) is 4.98 Å². The van der Waals surface area contributed by atoms with Gasteiger partial charge in [-0.1, -0.05) is 18.2 Å². The van der Waals surface area contributed by atoms with E-state index in [1.54, 1.807) is 42.5 Å². The van der Waals surface area contributed by atoms with Crippen molar-refractivity contribution in [1.82, 2.24) is 4.98 Å². The normalized spacial score (nSPS) is 9.65. The lowest BCUT2D eigenvalue weighted by atomic mass is 10.2. The molecule has 1 N–H and O–H groups in total. The van der Waals surface area contributed by atoms with Crippen LogP contribution < -0.4 is 4.74 Å². The van der Waals surface area contributed by atoms with Crippen molar-refractivity contribution >= 4 is 0 Å². The van der Waals surface area contributed by atoms with Gasteiger partial charge in [0.2, 0.25) is 5.88 Å². The highest BCUT2D eigenvalue weighted by Crippen LogP contribution is 2.20. The lowest BCUT2D eigenvalue weighted by Gasteiger charge is -2.05. The van der Waals surface area contributed by atoms with E-state index in [0.29, 0.717) is 17.3 Å². The number of ether oxygens (including phenoxy) is 1. The average molecular weight is 226 g/mol. The molecular formula is C13H10N2O2. The number of rotatable bonds is 3. The minimum atomic E-state index is -0.0388. The third kappa shape index (κ3) is 2.80. The monoisotopic (exact) mass is 226 g/mol. The van der Waals surface area contributed by atoms with Crippen LogP contribution >= 0.6 is 0 Å². The molecule has 1 aromatic carbocycles. The molecule has 0 aliphatic rings. The molecule has 0 fully saturated rings. The van der Waals surface area contributed by atoms with E-state index in [9.17, 15) is 0 Å². The van der Waals surface area contributed by atoms with Gasteiger partial charge in [-0.3, -0.25) is 0 Å². The zero-order valence-electron chi connectivity index (χ0n) is 9.00. The maximum Gasteiger partial charge on any atom is 0.220 e. The summed E-state index contributed by atoms with van der Waals surface area (Å²) in [5.41, 5.74) is 1.07. The van der Waals surface area contributed by atoms with Gasteiger partial charge in [0.1, 0.15) is 17.5 Å². The van der Waals surface area contributed by atoms with Crippen molar-refractivity contribution in [2.45, 2.75) is 6.61 Å². The lowest BCUT2D eigenvalue weighted by Crippen LogP contribution is -1.91. The number of aromatic nitrogens is 1. The van der Waals surface area contributed by atoms with E-state index in [1.165, 1.54) is 0 Å². The summed E-state index contributed by atoms with van der Waals surface area (Å²) in [5, 5.41) is 17.7. The molecule has 0 aliphatic carbocycles. The Kier molecular flexibility index (Phi) is 3.34. The Morgan fingerprint density at radius 1 is 1.24 bits per heavy atom. The van der Waals surface area contributed by atoms with Crippen LogP contribution in [0, 0.1) is 11.3 Å². The van der Waals surface area contributed by atoms with Gasteiger partial charge in [0.25, 0.3) is 0 Å². The van der Waals surface area contributed by atoms with E-state index in [0.717, 1.165) is 5.56 Å². The van der Waals surface area contributed by atoms with Crippen molar-refractivity contribution in [1.29, 1.82) is 5.26 Å². The molecule has 4 nitrogen and oxygen atoms in total. The van der Waals surface area contributed by atoms with Crippen molar-refractivity contribution < 1.29 is 9.84 Å². The molecule has 1 aromatic heterocycles. The van der Waals surface area contributed by atoms with E-state index < -0.39 is 0 Å². The minimum absolute atomic E-state index is 0.0388. The van der Waals surface area contributed by atoms with Crippen molar-refractivity contribution in [3.05, 3.63) is 53.7 Å². The van der Waals surface area contributed by atoms with Crippen LogP contribution in [0.25, 0.3) is 0 Å². The number of pyridine rings is 1. The van der Waals surface area contributed by atoms with Crippen LogP contribution in [0.4, 0.5) is 0 Å². The Morgan fingerprint density at radius 3 is 2.82 bits per heavy atom. The zero-order valence-corrected chi connectivity index (χ0v) is 9.00. The molecular weight excluding hydrogens is 216 g/mol. The molecule has 0 bridgehead atoms. The summed E-state index contributed by atoms with van der Waals surface area (Å²) in [6, 6.07) is 14.0. The fraction of sp³-hybridized carbons (Fsp3) is 0.0769. The Hall–Kier alpha value is -2.38. The van der Waals surface area contributed by atoms with E-state index in [-0.39, 0.29) is 6.61 Å². The maximum absolute atomic E-state index is 9.00. The van der Waals surface area contributed by atoms with E-state index in [4.69, 9.17) is 15.1 Å². The molecule has 1 heterocycles. The maximum atomic E-state index is 9.00. The van der Waals surface area contributed by atoms with Gasteiger partial charge >= 0.3 is 0 Å². The van der Waals surface area contributed by atoms with Crippen LogP contribution in [-0.2, 0) is 6.61 Å². The van der Waals surface area contributed by atoms with Gasteiger partial charge in [-0.15, -0.1) is 0 Å². The number of nitriles is 1. The lowest BCUT2D eigenvalue weighted by molar-refractivity contribution is 0.281. The summed E-state index contributed by atoms with van der Waals surface area (Å²) in [5.74, 6) is 0.943.